The zero-order valence-corrected chi connectivity index (χ0v) is 18.4. The third kappa shape index (κ3) is 3.88. The summed E-state index contributed by atoms with van der Waals surface area (Å²) >= 11 is 0. The smallest absolute Gasteiger partial charge is 0.210 e. The van der Waals surface area contributed by atoms with Crippen LogP contribution in [-0.2, 0) is 16.4 Å². The van der Waals surface area contributed by atoms with Crippen LogP contribution < -0.4 is 15.4 Å². The van der Waals surface area contributed by atoms with Crippen molar-refractivity contribution in [3.05, 3.63) is 83.9 Å². The molecule has 5 rings (SSSR count). The van der Waals surface area contributed by atoms with E-state index in [0.717, 1.165) is 22.2 Å². The van der Waals surface area contributed by atoms with Crippen molar-refractivity contribution in [2.75, 3.05) is 13.2 Å². The number of para-hydroxylation sites is 1. The Morgan fingerprint density at radius 2 is 1.94 bits per heavy atom. The number of hydrogen-bond donors (Lipinski definition) is 2. The number of fused-ring (bicyclic) bond motifs is 1. The number of nitrogens with zero attached hydrogens (tertiary/aromatic N) is 1. The molecule has 1 atom stereocenters. The first-order valence-corrected chi connectivity index (χ1v) is 11.9. The van der Waals surface area contributed by atoms with Gasteiger partial charge in [-0.3, -0.25) is 10.3 Å². The fourth-order valence-electron chi connectivity index (χ4n) is 3.97. The molecular formula is C24H23N3O4S. The molecule has 2 aromatic heterocycles. The Morgan fingerprint density at radius 3 is 2.72 bits per heavy atom. The highest BCUT2D eigenvalue weighted by molar-refractivity contribution is 7.91. The van der Waals surface area contributed by atoms with Crippen LogP contribution in [0.3, 0.4) is 0 Å². The van der Waals surface area contributed by atoms with Gasteiger partial charge in [-0.05, 0) is 49.4 Å². The quantitative estimate of drug-likeness (QED) is 0.463. The highest BCUT2D eigenvalue weighted by atomic mass is 32.2. The van der Waals surface area contributed by atoms with Crippen molar-refractivity contribution in [2.24, 2.45) is 0 Å². The van der Waals surface area contributed by atoms with Crippen LogP contribution in [0.4, 0.5) is 0 Å². The summed E-state index contributed by atoms with van der Waals surface area (Å²) in [5.74, 6) is 1.02. The first-order chi connectivity index (χ1) is 15.5. The van der Waals surface area contributed by atoms with Crippen molar-refractivity contribution in [2.45, 2.75) is 29.4 Å². The second kappa shape index (κ2) is 8.38. The van der Waals surface area contributed by atoms with Gasteiger partial charge in [-0.25, -0.2) is 8.42 Å². The summed E-state index contributed by atoms with van der Waals surface area (Å²) in [6.07, 6.45) is 1.42. The van der Waals surface area contributed by atoms with Gasteiger partial charge < -0.3 is 14.5 Å². The van der Waals surface area contributed by atoms with E-state index in [1.54, 1.807) is 24.3 Å². The van der Waals surface area contributed by atoms with Crippen molar-refractivity contribution in [1.82, 2.24) is 15.6 Å². The number of aromatic nitrogens is 1. The molecule has 0 spiro atoms. The van der Waals surface area contributed by atoms with E-state index < -0.39 is 9.84 Å². The maximum absolute atomic E-state index is 13.2. The molecule has 1 saturated heterocycles. The Kier molecular flexibility index (Phi) is 5.42. The SMILES string of the molecule is Cc1cc(COc2ccc(S(=O)(=O)c3ccoc3C3CNCN3)cc2)c2ccccc2n1. The molecule has 0 radical (unpaired) electrons. The highest BCUT2D eigenvalue weighted by Crippen LogP contribution is 2.31. The van der Waals surface area contributed by atoms with Gasteiger partial charge in [-0.15, -0.1) is 0 Å². The van der Waals surface area contributed by atoms with Gasteiger partial charge in [0.05, 0.1) is 22.7 Å². The van der Waals surface area contributed by atoms with E-state index in [-0.39, 0.29) is 15.8 Å². The lowest BCUT2D eigenvalue weighted by Gasteiger charge is -2.12. The molecule has 1 aliphatic rings. The average molecular weight is 450 g/mol. The van der Waals surface area contributed by atoms with Crippen LogP contribution in [0.2, 0.25) is 0 Å². The number of nitrogens with one attached hydrogen (secondary N) is 2. The number of rotatable bonds is 6. The second-order valence-corrected chi connectivity index (χ2v) is 9.66. The number of ether oxygens (including phenoxy) is 1. The van der Waals surface area contributed by atoms with Gasteiger partial charge in [0, 0.05) is 29.9 Å². The van der Waals surface area contributed by atoms with E-state index in [2.05, 4.69) is 15.6 Å². The van der Waals surface area contributed by atoms with Crippen LogP contribution in [-0.4, -0.2) is 26.6 Å². The number of pyridine rings is 1. The first-order valence-electron chi connectivity index (χ1n) is 10.4. The molecule has 1 unspecified atom stereocenters. The van der Waals surface area contributed by atoms with Crippen LogP contribution in [0.5, 0.6) is 5.75 Å². The number of benzene rings is 2. The van der Waals surface area contributed by atoms with Crippen molar-refractivity contribution in [1.29, 1.82) is 0 Å². The zero-order valence-electron chi connectivity index (χ0n) is 17.5. The van der Waals surface area contributed by atoms with Gasteiger partial charge in [0.15, 0.2) is 0 Å². The van der Waals surface area contributed by atoms with Crippen LogP contribution >= 0.6 is 0 Å². The standard InChI is InChI=1S/C24H23N3O4S/c1-16-12-17(20-4-2-3-5-21(20)27-16)14-31-18-6-8-19(9-7-18)32(28,29)23-10-11-30-24(23)22-13-25-15-26-22/h2-12,22,25-26H,13-15H2,1H3. The molecule has 3 heterocycles. The lowest BCUT2D eigenvalue weighted by Crippen LogP contribution is -2.17. The third-order valence-electron chi connectivity index (χ3n) is 5.54. The lowest BCUT2D eigenvalue weighted by molar-refractivity contribution is 0.307. The Bertz CT molecular complexity index is 1360. The van der Waals surface area contributed by atoms with E-state index in [4.69, 9.17) is 9.15 Å². The van der Waals surface area contributed by atoms with Gasteiger partial charge >= 0.3 is 0 Å². The molecule has 164 valence electrons. The van der Waals surface area contributed by atoms with Gasteiger partial charge in [-0.1, -0.05) is 18.2 Å². The minimum atomic E-state index is -3.71. The Labute approximate surface area is 186 Å². The number of hydrogen-bond acceptors (Lipinski definition) is 7. The predicted molar refractivity (Wildman–Crippen MR) is 120 cm³/mol. The average Bonchev–Trinajstić information content (AvgIpc) is 3.49. The largest absolute Gasteiger partial charge is 0.489 e. The van der Waals surface area contributed by atoms with Gasteiger partial charge in [0.1, 0.15) is 23.0 Å². The number of furan rings is 1. The molecule has 1 aliphatic heterocycles. The van der Waals surface area contributed by atoms with E-state index in [9.17, 15) is 8.42 Å². The highest BCUT2D eigenvalue weighted by Gasteiger charge is 2.29. The van der Waals surface area contributed by atoms with E-state index in [0.29, 0.717) is 31.3 Å². The summed E-state index contributed by atoms with van der Waals surface area (Å²) in [4.78, 5) is 4.94. The molecule has 2 aromatic carbocycles. The summed E-state index contributed by atoms with van der Waals surface area (Å²) < 4.78 is 37.8. The molecule has 0 amide bonds. The van der Waals surface area contributed by atoms with Crippen LogP contribution in [0, 0.1) is 6.92 Å². The van der Waals surface area contributed by atoms with Crippen LogP contribution in [0.25, 0.3) is 10.9 Å². The molecule has 0 aliphatic carbocycles. The van der Waals surface area contributed by atoms with Crippen LogP contribution in [0.15, 0.2) is 81.1 Å². The van der Waals surface area contributed by atoms with Gasteiger partial charge in [0.25, 0.3) is 0 Å². The maximum Gasteiger partial charge on any atom is 0.210 e. The summed E-state index contributed by atoms with van der Waals surface area (Å²) in [5, 5.41) is 7.37. The number of aryl methyl sites for hydroxylation is 1. The van der Waals surface area contributed by atoms with E-state index in [1.165, 1.54) is 12.3 Å². The normalized spacial score (nSPS) is 16.5. The summed E-state index contributed by atoms with van der Waals surface area (Å²) in [7, 11) is -3.71. The maximum atomic E-state index is 13.2. The van der Waals surface area contributed by atoms with Crippen molar-refractivity contribution in [3.63, 3.8) is 0 Å². The van der Waals surface area contributed by atoms with Crippen molar-refractivity contribution >= 4 is 20.7 Å². The van der Waals surface area contributed by atoms with Gasteiger partial charge in [-0.2, -0.15) is 0 Å². The Balaban J connectivity index is 1.36. The molecule has 32 heavy (non-hydrogen) atoms. The minimum Gasteiger partial charge on any atom is -0.489 e. The van der Waals surface area contributed by atoms with Crippen LogP contribution in [0.1, 0.15) is 23.1 Å². The third-order valence-corrected chi connectivity index (χ3v) is 7.35. The summed E-state index contributed by atoms with van der Waals surface area (Å²) in [6.45, 7) is 3.55. The molecular weight excluding hydrogens is 426 g/mol. The molecule has 4 aromatic rings. The Hall–Kier alpha value is -3.20. The molecule has 2 N–H and O–H groups in total. The summed E-state index contributed by atoms with van der Waals surface area (Å²) in [5.41, 5.74) is 2.88. The van der Waals surface area contributed by atoms with E-state index in [1.807, 2.05) is 37.3 Å². The first kappa shape index (κ1) is 20.7. The molecule has 7 nitrogen and oxygen atoms in total. The zero-order chi connectivity index (χ0) is 22.1. The molecule has 0 saturated carbocycles. The van der Waals surface area contributed by atoms with E-state index >= 15 is 0 Å². The minimum absolute atomic E-state index is 0.170. The number of sulfone groups is 1. The van der Waals surface area contributed by atoms with Gasteiger partial charge in [0.2, 0.25) is 9.84 Å². The molecule has 8 heteroatoms. The fourth-order valence-corrected chi connectivity index (χ4v) is 5.41. The van der Waals surface area contributed by atoms with Crippen molar-refractivity contribution < 1.29 is 17.6 Å². The topological polar surface area (TPSA) is 93.5 Å². The Morgan fingerprint density at radius 1 is 1.12 bits per heavy atom. The molecule has 0 bridgehead atoms. The van der Waals surface area contributed by atoms with Crippen molar-refractivity contribution in [3.8, 4) is 5.75 Å². The molecule has 1 fully saturated rings. The predicted octanol–water partition coefficient (Wildman–Crippen LogP) is 3.74. The second-order valence-electron chi connectivity index (χ2n) is 7.74. The lowest BCUT2D eigenvalue weighted by atomic mass is 10.1. The monoisotopic (exact) mass is 449 g/mol. The summed E-state index contributed by atoms with van der Waals surface area (Å²) in [6, 6.07) is 17.8. The fraction of sp³-hybridized carbons (Fsp3) is 0.208.